The molecule has 0 radical (unpaired) electrons. The molecule has 1 amide bonds. The first-order valence-corrected chi connectivity index (χ1v) is 11.0. The molecule has 12 heteroatoms. The van der Waals surface area contributed by atoms with Gasteiger partial charge in [0.15, 0.2) is 0 Å². The van der Waals surface area contributed by atoms with Crippen LogP contribution in [0.3, 0.4) is 0 Å². The Kier molecular flexibility index (Phi) is 17.0. The summed E-state index contributed by atoms with van der Waals surface area (Å²) in [5, 5.41) is 13.8. The van der Waals surface area contributed by atoms with Gasteiger partial charge >= 0.3 is 11.9 Å². The molecule has 2 rings (SSSR count). The SMILES string of the molecule is CCOC(=O)CN(CC(=O)OCC)C(=O)c1cccc(CN2CCN(C)CC2)c1.O=CO.O=CO. The van der Waals surface area contributed by atoms with Crippen molar-refractivity contribution in [2.75, 3.05) is 59.5 Å². The number of nitrogens with zero attached hydrogens (tertiary/aromatic N) is 3. The van der Waals surface area contributed by atoms with Crippen LogP contribution in [-0.2, 0) is 35.2 Å². The summed E-state index contributed by atoms with van der Waals surface area (Å²) in [5.41, 5.74) is 1.46. The zero-order chi connectivity index (χ0) is 26.6. The molecule has 12 nitrogen and oxygen atoms in total. The maximum absolute atomic E-state index is 13.0. The maximum Gasteiger partial charge on any atom is 0.325 e. The van der Waals surface area contributed by atoms with E-state index in [0.717, 1.165) is 38.3 Å². The fraction of sp³-hybridized carbons (Fsp3) is 0.522. The van der Waals surface area contributed by atoms with E-state index in [0.29, 0.717) is 5.56 Å². The fourth-order valence-corrected chi connectivity index (χ4v) is 3.17. The van der Waals surface area contributed by atoms with Gasteiger partial charge in [0.05, 0.1) is 13.2 Å². The number of carboxylic acid groups (broad SMARTS) is 2. The number of esters is 2. The molecule has 2 N–H and O–H groups in total. The second kappa shape index (κ2) is 18.9. The summed E-state index contributed by atoms with van der Waals surface area (Å²) in [6.07, 6.45) is 0. The topological polar surface area (TPSA) is 154 Å². The van der Waals surface area contributed by atoms with E-state index in [1.807, 2.05) is 18.2 Å². The highest BCUT2D eigenvalue weighted by molar-refractivity contribution is 5.97. The average Bonchev–Trinajstić information content (AvgIpc) is 2.81. The molecule has 196 valence electrons. The Morgan fingerprint density at radius 3 is 1.89 bits per heavy atom. The highest BCUT2D eigenvalue weighted by Gasteiger charge is 2.23. The van der Waals surface area contributed by atoms with Crippen LogP contribution in [0.5, 0.6) is 0 Å². The molecule has 1 aromatic rings. The van der Waals surface area contributed by atoms with Crippen LogP contribution in [0, 0.1) is 0 Å². The number of benzene rings is 1. The van der Waals surface area contributed by atoms with E-state index in [-0.39, 0.29) is 39.2 Å². The van der Waals surface area contributed by atoms with Gasteiger partial charge in [0.1, 0.15) is 13.1 Å². The minimum absolute atomic E-state index is 0.209. The number of likely N-dealkylation sites (N-methyl/N-ethyl adjacent to an activating group) is 1. The van der Waals surface area contributed by atoms with Gasteiger partial charge in [-0.25, -0.2) is 0 Å². The monoisotopic (exact) mass is 497 g/mol. The van der Waals surface area contributed by atoms with Crippen LogP contribution < -0.4 is 0 Å². The number of piperazine rings is 1. The Labute approximate surface area is 205 Å². The minimum Gasteiger partial charge on any atom is -0.483 e. The highest BCUT2D eigenvalue weighted by Crippen LogP contribution is 2.13. The van der Waals surface area contributed by atoms with Crippen LogP contribution in [0.1, 0.15) is 29.8 Å². The van der Waals surface area contributed by atoms with Gasteiger partial charge in [0, 0.05) is 38.3 Å². The summed E-state index contributed by atoms with van der Waals surface area (Å²) < 4.78 is 9.87. The van der Waals surface area contributed by atoms with Crippen LogP contribution in [0.4, 0.5) is 0 Å². The zero-order valence-electron chi connectivity index (χ0n) is 20.4. The van der Waals surface area contributed by atoms with Crippen molar-refractivity contribution in [3.05, 3.63) is 35.4 Å². The predicted molar refractivity (Wildman–Crippen MR) is 126 cm³/mol. The van der Waals surface area contributed by atoms with Crippen LogP contribution in [0.25, 0.3) is 0 Å². The second-order valence-corrected chi connectivity index (χ2v) is 7.26. The molecule has 0 saturated carbocycles. The summed E-state index contributed by atoms with van der Waals surface area (Å²) >= 11 is 0. The molecule has 0 atom stereocenters. The van der Waals surface area contributed by atoms with Crippen LogP contribution in [-0.4, -0.2) is 115 Å². The van der Waals surface area contributed by atoms with Crippen molar-refractivity contribution in [1.82, 2.24) is 14.7 Å². The number of carbonyl (C=O) groups excluding carboxylic acids is 3. The number of amides is 1. The Morgan fingerprint density at radius 2 is 1.43 bits per heavy atom. The Hall–Kier alpha value is -3.51. The fourth-order valence-electron chi connectivity index (χ4n) is 3.17. The van der Waals surface area contributed by atoms with Gasteiger partial charge in [-0.1, -0.05) is 12.1 Å². The van der Waals surface area contributed by atoms with Gasteiger partial charge in [0.25, 0.3) is 18.9 Å². The predicted octanol–water partition coefficient (Wildman–Crippen LogP) is 0.404. The third kappa shape index (κ3) is 13.7. The molecular weight excluding hydrogens is 462 g/mol. The van der Waals surface area contributed by atoms with Crippen molar-refractivity contribution in [2.24, 2.45) is 0 Å². The largest absolute Gasteiger partial charge is 0.483 e. The summed E-state index contributed by atoms with van der Waals surface area (Å²) in [4.78, 5) is 59.3. The molecule has 0 aromatic heterocycles. The summed E-state index contributed by atoms with van der Waals surface area (Å²) in [5.74, 6) is -1.51. The van der Waals surface area contributed by atoms with Crippen molar-refractivity contribution < 1.29 is 43.7 Å². The lowest BCUT2D eigenvalue weighted by Gasteiger charge is -2.32. The molecule has 1 heterocycles. The van der Waals surface area contributed by atoms with E-state index in [9.17, 15) is 14.4 Å². The van der Waals surface area contributed by atoms with E-state index >= 15 is 0 Å². The lowest BCUT2D eigenvalue weighted by Crippen LogP contribution is -2.44. The molecule has 1 fully saturated rings. The third-order valence-electron chi connectivity index (χ3n) is 4.71. The number of rotatable bonds is 9. The molecule has 1 aliphatic rings. The number of hydrogen-bond acceptors (Lipinski definition) is 9. The molecule has 1 aliphatic heterocycles. The van der Waals surface area contributed by atoms with Crippen molar-refractivity contribution in [3.63, 3.8) is 0 Å². The lowest BCUT2D eigenvalue weighted by atomic mass is 10.1. The summed E-state index contributed by atoms with van der Waals surface area (Å²) in [6.45, 7) is 7.46. The Bertz CT molecular complexity index is 770. The van der Waals surface area contributed by atoms with E-state index in [2.05, 4.69) is 16.8 Å². The van der Waals surface area contributed by atoms with E-state index < -0.39 is 17.8 Å². The first-order valence-electron chi connectivity index (χ1n) is 11.0. The van der Waals surface area contributed by atoms with Crippen LogP contribution in [0.15, 0.2) is 24.3 Å². The van der Waals surface area contributed by atoms with Crippen molar-refractivity contribution in [2.45, 2.75) is 20.4 Å². The van der Waals surface area contributed by atoms with Crippen LogP contribution >= 0.6 is 0 Å². The summed E-state index contributed by atoms with van der Waals surface area (Å²) in [7, 11) is 2.11. The van der Waals surface area contributed by atoms with Gasteiger partial charge in [-0.15, -0.1) is 0 Å². The summed E-state index contributed by atoms with van der Waals surface area (Å²) in [6, 6.07) is 7.32. The van der Waals surface area contributed by atoms with Gasteiger partial charge in [0.2, 0.25) is 0 Å². The smallest absolute Gasteiger partial charge is 0.325 e. The van der Waals surface area contributed by atoms with Crippen molar-refractivity contribution >= 4 is 30.8 Å². The van der Waals surface area contributed by atoms with E-state index in [4.69, 9.17) is 29.3 Å². The maximum atomic E-state index is 13.0. The molecule has 0 spiro atoms. The van der Waals surface area contributed by atoms with Crippen LogP contribution in [0.2, 0.25) is 0 Å². The molecular formula is C23H35N3O9. The number of carbonyl (C=O) groups is 5. The van der Waals surface area contributed by atoms with E-state index in [1.54, 1.807) is 19.9 Å². The van der Waals surface area contributed by atoms with E-state index in [1.165, 1.54) is 4.90 Å². The standard InChI is InChI=1S/C21H31N3O5.2CH2O2/c1-4-28-19(25)15-24(16-20(26)29-5-2)21(27)18-8-6-7-17(13-18)14-23-11-9-22(3)10-12-23;2*2-1-3/h6-8,13H,4-5,9-12,14-16H2,1-3H3;2*1H,(H,2,3). The highest BCUT2D eigenvalue weighted by atomic mass is 16.5. The zero-order valence-corrected chi connectivity index (χ0v) is 20.4. The average molecular weight is 498 g/mol. The first-order chi connectivity index (χ1) is 16.8. The molecule has 35 heavy (non-hydrogen) atoms. The minimum atomic E-state index is -0.557. The van der Waals surface area contributed by atoms with Crippen molar-refractivity contribution in [1.29, 1.82) is 0 Å². The van der Waals surface area contributed by atoms with Gasteiger partial charge in [-0.2, -0.15) is 0 Å². The molecule has 0 unspecified atom stereocenters. The van der Waals surface area contributed by atoms with Crippen molar-refractivity contribution in [3.8, 4) is 0 Å². The molecule has 0 aliphatic carbocycles. The number of hydrogen-bond donors (Lipinski definition) is 2. The molecule has 1 saturated heterocycles. The third-order valence-corrected chi connectivity index (χ3v) is 4.71. The lowest BCUT2D eigenvalue weighted by molar-refractivity contribution is -0.147. The second-order valence-electron chi connectivity index (χ2n) is 7.26. The molecule has 1 aromatic carbocycles. The van der Waals surface area contributed by atoms with Gasteiger partial charge in [-0.3, -0.25) is 28.9 Å². The Balaban J connectivity index is 0.00000174. The van der Waals surface area contributed by atoms with Gasteiger partial charge < -0.3 is 29.5 Å². The Morgan fingerprint density at radius 1 is 0.943 bits per heavy atom. The normalized spacial score (nSPS) is 13.1. The first kappa shape index (κ1) is 31.5. The molecule has 0 bridgehead atoms. The quantitative estimate of drug-likeness (QED) is 0.360. The van der Waals surface area contributed by atoms with Gasteiger partial charge in [-0.05, 0) is 38.6 Å². The number of ether oxygens (including phenoxy) is 2.